The van der Waals surface area contributed by atoms with Crippen LogP contribution in [0, 0.1) is 11.3 Å². The van der Waals surface area contributed by atoms with Gasteiger partial charge in [0.1, 0.15) is 5.75 Å². The summed E-state index contributed by atoms with van der Waals surface area (Å²) in [5, 5.41) is 20.2. The van der Waals surface area contributed by atoms with E-state index < -0.39 is 17.4 Å². The third-order valence-corrected chi connectivity index (χ3v) is 11.2. The molecule has 0 unspecified atom stereocenters. The molecule has 0 heterocycles. The van der Waals surface area contributed by atoms with Gasteiger partial charge in [0, 0.05) is 16.6 Å². The van der Waals surface area contributed by atoms with E-state index in [1.807, 2.05) is 6.92 Å². The monoisotopic (exact) mass is 732 g/mol. The normalized spacial score (nSPS) is 15.9. The number of aliphatic hydroxyl groups excluding tert-OH is 2. The van der Waals surface area contributed by atoms with Crippen molar-refractivity contribution in [2.75, 3.05) is 33.0 Å². The molecule has 0 saturated heterocycles. The summed E-state index contributed by atoms with van der Waals surface area (Å²) in [6.45, 7) is 17.7. The van der Waals surface area contributed by atoms with Crippen molar-refractivity contribution in [3.05, 3.63) is 76.9 Å². The summed E-state index contributed by atoms with van der Waals surface area (Å²) in [5.41, 5.74) is 7.20. The molecule has 0 bridgehead atoms. The molecule has 2 aromatic carbocycles. The molecule has 0 radical (unpaired) electrons. The number of aryl methyl sites for hydroxylation is 3. The molecule has 1 aliphatic rings. The van der Waals surface area contributed by atoms with Crippen molar-refractivity contribution >= 4 is 11.9 Å². The molecule has 0 aromatic heterocycles. The number of hydrogen-bond acceptors (Lipinski definition) is 7. The molecule has 0 amide bonds. The summed E-state index contributed by atoms with van der Waals surface area (Å²) in [7, 11) is 0. The zero-order valence-electron chi connectivity index (χ0n) is 33.5. The minimum absolute atomic E-state index is 0.125. The Balaban J connectivity index is 1.98. The molecule has 7 nitrogen and oxygen atoms in total. The van der Waals surface area contributed by atoms with Crippen molar-refractivity contribution in [3.8, 4) is 16.9 Å². The fourth-order valence-corrected chi connectivity index (χ4v) is 7.46. The van der Waals surface area contributed by atoms with Crippen LogP contribution in [-0.2, 0) is 38.3 Å². The number of hydrogen-bond donors (Lipinski definition) is 2. The average molecular weight is 733 g/mol. The quantitative estimate of drug-likeness (QED) is 0.0629. The summed E-state index contributed by atoms with van der Waals surface area (Å²) in [5.74, 6) is 1.44. The Bertz CT molecular complexity index is 1420. The summed E-state index contributed by atoms with van der Waals surface area (Å²) in [4.78, 5) is 24.2. The van der Waals surface area contributed by atoms with E-state index in [9.17, 15) is 19.8 Å². The number of aliphatic hydroxyl groups is 2. The van der Waals surface area contributed by atoms with E-state index in [4.69, 9.17) is 14.2 Å². The highest BCUT2D eigenvalue weighted by Gasteiger charge is 2.27. The third-order valence-electron chi connectivity index (χ3n) is 11.2. The Morgan fingerprint density at radius 3 is 1.85 bits per heavy atom. The molecule has 0 aliphatic heterocycles. The summed E-state index contributed by atoms with van der Waals surface area (Å²) >= 11 is 0. The van der Waals surface area contributed by atoms with Gasteiger partial charge in [0.15, 0.2) is 0 Å². The van der Waals surface area contributed by atoms with Crippen LogP contribution in [0.4, 0.5) is 0 Å². The SMILES string of the molecule is C=C(C)C(=O)OCCCc1cc(-c2ccc(C3CCC(CCCCC)CC3)cc2CC)cc(CCCOC(=O)C(=C)C)c1OCCC(CC)(CO)CO. The van der Waals surface area contributed by atoms with Gasteiger partial charge < -0.3 is 24.4 Å². The molecule has 2 aromatic rings. The third kappa shape index (κ3) is 13.4. The first kappa shape index (κ1) is 44.0. The molecule has 294 valence electrons. The van der Waals surface area contributed by atoms with Gasteiger partial charge in [-0.15, -0.1) is 0 Å². The largest absolute Gasteiger partial charge is 0.493 e. The van der Waals surface area contributed by atoms with Gasteiger partial charge in [-0.2, -0.15) is 0 Å². The van der Waals surface area contributed by atoms with Gasteiger partial charge in [-0.25, -0.2) is 9.59 Å². The van der Waals surface area contributed by atoms with Gasteiger partial charge in [0.05, 0.1) is 33.0 Å². The fraction of sp³-hybridized carbons (Fsp3) is 0.609. The lowest BCUT2D eigenvalue weighted by molar-refractivity contribution is -0.139. The first-order valence-electron chi connectivity index (χ1n) is 20.3. The van der Waals surface area contributed by atoms with Crippen molar-refractivity contribution in [1.82, 2.24) is 0 Å². The van der Waals surface area contributed by atoms with Crippen LogP contribution in [0.3, 0.4) is 0 Å². The summed E-state index contributed by atoms with van der Waals surface area (Å²) in [6.07, 6.45) is 15.0. The molecule has 0 spiro atoms. The molecule has 1 fully saturated rings. The summed E-state index contributed by atoms with van der Waals surface area (Å²) in [6, 6.07) is 11.5. The molecule has 0 atom stereocenters. The number of unbranched alkanes of at least 4 members (excludes halogenated alkanes) is 2. The maximum Gasteiger partial charge on any atom is 0.333 e. The number of ether oxygens (including phenoxy) is 3. The molecule has 1 saturated carbocycles. The van der Waals surface area contributed by atoms with E-state index in [0.717, 1.165) is 34.8 Å². The first-order chi connectivity index (χ1) is 25.5. The van der Waals surface area contributed by atoms with Gasteiger partial charge in [0.25, 0.3) is 0 Å². The second-order valence-electron chi connectivity index (χ2n) is 15.4. The Kier molecular flexibility index (Phi) is 18.9. The summed E-state index contributed by atoms with van der Waals surface area (Å²) < 4.78 is 17.5. The van der Waals surface area contributed by atoms with Crippen molar-refractivity contribution in [3.63, 3.8) is 0 Å². The van der Waals surface area contributed by atoms with Crippen LogP contribution in [0.15, 0.2) is 54.6 Å². The minimum atomic E-state index is -0.625. The zero-order valence-corrected chi connectivity index (χ0v) is 33.5. The number of esters is 2. The Morgan fingerprint density at radius 1 is 0.774 bits per heavy atom. The van der Waals surface area contributed by atoms with Crippen molar-refractivity contribution < 1.29 is 34.0 Å². The van der Waals surface area contributed by atoms with E-state index in [0.29, 0.717) is 62.2 Å². The fourth-order valence-electron chi connectivity index (χ4n) is 7.46. The van der Waals surface area contributed by atoms with Crippen LogP contribution in [0.5, 0.6) is 5.75 Å². The molecular formula is C46H68O7. The second-order valence-corrected chi connectivity index (χ2v) is 15.4. The van der Waals surface area contributed by atoms with Crippen LogP contribution in [0.1, 0.15) is 140 Å². The Labute approximate surface area is 320 Å². The van der Waals surface area contributed by atoms with Gasteiger partial charge in [-0.3, -0.25) is 0 Å². The first-order valence-corrected chi connectivity index (χ1v) is 20.3. The Hall–Kier alpha value is -3.42. The van der Waals surface area contributed by atoms with Crippen molar-refractivity contribution in [2.45, 2.75) is 137 Å². The predicted octanol–water partition coefficient (Wildman–Crippen LogP) is 10.0. The predicted molar refractivity (Wildman–Crippen MR) is 215 cm³/mol. The van der Waals surface area contributed by atoms with Crippen LogP contribution in [-0.4, -0.2) is 55.2 Å². The standard InChI is InChI=1S/C46H68O7/c1-8-11-12-15-35-18-20-37(21-19-35)38-22-23-42(36(9-2)28-38)41-29-39(16-13-25-52-44(49)33(4)5)43(51-27-24-46(10-3,31-47)32-48)40(30-41)17-14-26-53-45(50)34(6)7/h22-23,28-30,35,37,47-48H,4,6,8-21,24-27,31-32H2,1-3,5,7H3. The lowest BCUT2D eigenvalue weighted by Crippen LogP contribution is -2.31. The van der Waals surface area contributed by atoms with Gasteiger partial charge in [-0.1, -0.05) is 77.8 Å². The van der Waals surface area contributed by atoms with E-state index in [1.165, 1.54) is 68.1 Å². The van der Waals surface area contributed by atoms with E-state index in [1.54, 1.807) is 13.8 Å². The highest BCUT2D eigenvalue weighted by atomic mass is 16.5. The van der Waals surface area contributed by atoms with Crippen LogP contribution >= 0.6 is 0 Å². The number of rotatable bonds is 24. The number of carbonyl (C=O) groups excluding carboxylic acids is 2. The van der Waals surface area contributed by atoms with Gasteiger partial charge >= 0.3 is 11.9 Å². The van der Waals surface area contributed by atoms with Crippen LogP contribution in [0.25, 0.3) is 11.1 Å². The van der Waals surface area contributed by atoms with Crippen LogP contribution < -0.4 is 4.74 Å². The topological polar surface area (TPSA) is 102 Å². The molecule has 7 heteroatoms. The highest BCUT2D eigenvalue weighted by molar-refractivity contribution is 5.87. The minimum Gasteiger partial charge on any atom is -0.493 e. The van der Waals surface area contributed by atoms with E-state index in [-0.39, 0.29) is 26.4 Å². The van der Waals surface area contributed by atoms with E-state index in [2.05, 4.69) is 57.3 Å². The number of carbonyl (C=O) groups is 2. The second kappa shape index (κ2) is 22.7. The maximum absolute atomic E-state index is 12.1. The molecule has 2 N–H and O–H groups in total. The molecule has 53 heavy (non-hydrogen) atoms. The molecule has 1 aliphatic carbocycles. The lowest BCUT2D eigenvalue weighted by Gasteiger charge is -2.29. The van der Waals surface area contributed by atoms with E-state index >= 15 is 0 Å². The van der Waals surface area contributed by atoms with Crippen molar-refractivity contribution in [2.24, 2.45) is 11.3 Å². The smallest absolute Gasteiger partial charge is 0.333 e. The lowest BCUT2D eigenvalue weighted by atomic mass is 9.76. The van der Waals surface area contributed by atoms with Crippen LogP contribution in [0.2, 0.25) is 0 Å². The number of benzene rings is 2. The highest BCUT2D eigenvalue weighted by Crippen LogP contribution is 2.41. The van der Waals surface area contributed by atoms with Crippen molar-refractivity contribution in [1.29, 1.82) is 0 Å². The Morgan fingerprint density at radius 2 is 1.36 bits per heavy atom. The maximum atomic E-state index is 12.1. The van der Waals surface area contributed by atoms with Gasteiger partial charge in [-0.05, 0) is 142 Å². The van der Waals surface area contributed by atoms with Gasteiger partial charge in [0.2, 0.25) is 0 Å². The zero-order chi connectivity index (χ0) is 38.8. The molecule has 3 rings (SSSR count). The molecular weight excluding hydrogens is 664 g/mol. The average Bonchev–Trinajstić information content (AvgIpc) is 3.17.